The van der Waals surface area contributed by atoms with Crippen LogP contribution in [0.15, 0.2) is 42.7 Å². The van der Waals surface area contributed by atoms with Crippen LogP contribution in [0, 0.1) is 5.92 Å². The third-order valence-corrected chi connectivity index (χ3v) is 4.11. The third-order valence-electron chi connectivity index (χ3n) is 4.11. The standard InChI is InChI=1S/C16H20N4O2/c1-16(11-21,12-7-8-12)19-15(22)18-13-5-2-3-6-14(13)20-10-4-9-17-20/h2-6,9-10,12,21H,7-8,11H2,1H3,(H2,18,19,22). The van der Waals surface area contributed by atoms with Crippen LogP contribution >= 0.6 is 0 Å². The molecule has 6 heteroatoms. The number of rotatable bonds is 5. The zero-order chi connectivity index (χ0) is 15.6. The third kappa shape index (κ3) is 2.96. The van der Waals surface area contributed by atoms with Crippen LogP contribution in [0.5, 0.6) is 0 Å². The molecule has 3 N–H and O–H groups in total. The highest BCUT2D eigenvalue weighted by Crippen LogP contribution is 2.39. The van der Waals surface area contributed by atoms with Crippen molar-refractivity contribution in [1.82, 2.24) is 15.1 Å². The lowest BCUT2D eigenvalue weighted by molar-refractivity contribution is 0.159. The van der Waals surface area contributed by atoms with Crippen molar-refractivity contribution in [3.05, 3.63) is 42.7 Å². The van der Waals surface area contributed by atoms with Gasteiger partial charge in [0.1, 0.15) is 0 Å². The number of anilines is 1. The highest BCUT2D eigenvalue weighted by molar-refractivity contribution is 5.92. The van der Waals surface area contributed by atoms with E-state index in [1.165, 1.54) is 0 Å². The summed E-state index contributed by atoms with van der Waals surface area (Å²) in [4.78, 5) is 12.3. The van der Waals surface area contributed by atoms with Crippen LogP contribution in [0.2, 0.25) is 0 Å². The van der Waals surface area contributed by atoms with Crippen molar-refractivity contribution in [2.45, 2.75) is 25.3 Å². The van der Waals surface area contributed by atoms with E-state index in [-0.39, 0.29) is 12.6 Å². The van der Waals surface area contributed by atoms with Crippen LogP contribution in [-0.2, 0) is 0 Å². The summed E-state index contributed by atoms with van der Waals surface area (Å²) in [6.45, 7) is 1.82. The summed E-state index contributed by atoms with van der Waals surface area (Å²) in [6, 6.07) is 8.96. The van der Waals surface area contributed by atoms with E-state index in [2.05, 4.69) is 15.7 Å². The summed E-state index contributed by atoms with van der Waals surface area (Å²) in [5.74, 6) is 0.351. The van der Waals surface area contributed by atoms with Gasteiger partial charge in [0.25, 0.3) is 0 Å². The number of hydrogen-bond donors (Lipinski definition) is 3. The zero-order valence-electron chi connectivity index (χ0n) is 12.5. The maximum atomic E-state index is 12.3. The molecule has 1 saturated carbocycles. The van der Waals surface area contributed by atoms with Gasteiger partial charge in [0.15, 0.2) is 0 Å². The van der Waals surface area contributed by atoms with E-state index >= 15 is 0 Å². The molecule has 0 radical (unpaired) electrons. The van der Waals surface area contributed by atoms with Gasteiger partial charge in [0, 0.05) is 12.4 Å². The predicted octanol–water partition coefficient (Wildman–Crippen LogP) is 2.15. The first-order valence-electron chi connectivity index (χ1n) is 7.41. The molecule has 0 aliphatic heterocycles. The van der Waals surface area contributed by atoms with Gasteiger partial charge < -0.3 is 15.7 Å². The van der Waals surface area contributed by atoms with Crippen LogP contribution in [0.4, 0.5) is 10.5 Å². The molecule has 1 aromatic heterocycles. The topological polar surface area (TPSA) is 79.2 Å². The van der Waals surface area contributed by atoms with Gasteiger partial charge in [-0.25, -0.2) is 9.48 Å². The molecule has 3 rings (SSSR count). The minimum atomic E-state index is -0.565. The van der Waals surface area contributed by atoms with E-state index in [9.17, 15) is 9.90 Å². The van der Waals surface area contributed by atoms with Crippen molar-refractivity contribution >= 4 is 11.7 Å². The molecule has 1 aliphatic rings. The first-order valence-corrected chi connectivity index (χ1v) is 7.41. The number of benzene rings is 1. The Bertz CT molecular complexity index is 652. The Morgan fingerprint density at radius 1 is 1.41 bits per heavy atom. The van der Waals surface area contributed by atoms with Gasteiger partial charge >= 0.3 is 6.03 Å². The molecule has 2 aromatic rings. The molecule has 1 fully saturated rings. The van der Waals surface area contributed by atoms with Crippen LogP contribution in [0.25, 0.3) is 5.69 Å². The number of hydrogen-bond acceptors (Lipinski definition) is 3. The number of amides is 2. The number of nitrogens with one attached hydrogen (secondary N) is 2. The maximum Gasteiger partial charge on any atom is 0.319 e. The van der Waals surface area contributed by atoms with Crippen molar-refractivity contribution in [2.24, 2.45) is 5.92 Å². The molecule has 0 spiro atoms. The van der Waals surface area contributed by atoms with Gasteiger partial charge in [-0.3, -0.25) is 0 Å². The second-order valence-electron chi connectivity index (χ2n) is 5.90. The Morgan fingerprint density at radius 2 is 2.18 bits per heavy atom. The molecule has 22 heavy (non-hydrogen) atoms. The highest BCUT2D eigenvalue weighted by atomic mass is 16.3. The second-order valence-corrected chi connectivity index (χ2v) is 5.90. The number of carbonyl (C=O) groups excluding carboxylic acids is 1. The summed E-state index contributed by atoms with van der Waals surface area (Å²) in [5.41, 5.74) is 0.893. The molecule has 2 amide bonds. The monoisotopic (exact) mass is 300 g/mol. The molecule has 0 bridgehead atoms. The molecule has 1 aliphatic carbocycles. The number of carbonyl (C=O) groups is 1. The summed E-state index contributed by atoms with van der Waals surface area (Å²) >= 11 is 0. The molecule has 1 heterocycles. The molecule has 116 valence electrons. The van der Waals surface area contributed by atoms with Crippen molar-refractivity contribution in [3.63, 3.8) is 0 Å². The first kappa shape index (κ1) is 14.6. The van der Waals surface area contributed by atoms with Gasteiger partial charge in [0.05, 0.1) is 23.5 Å². The van der Waals surface area contributed by atoms with Crippen LogP contribution in [-0.4, -0.2) is 33.1 Å². The average molecular weight is 300 g/mol. The van der Waals surface area contributed by atoms with Crippen molar-refractivity contribution in [3.8, 4) is 5.69 Å². The van der Waals surface area contributed by atoms with E-state index in [4.69, 9.17) is 0 Å². The minimum absolute atomic E-state index is 0.0636. The lowest BCUT2D eigenvalue weighted by Crippen LogP contribution is -2.52. The van der Waals surface area contributed by atoms with Crippen molar-refractivity contribution < 1.29 is 9.90 Å². The Kier molecular flexibility index (Phi) is 3.85. The molecule has 1 atom stereocenters. The Balaban J connectivity index is 1.75. The van der Waals surface area contributed by atoms with Gasteiger partial charge in [-0.05, 0) is 43.9 Å². The van der Waals surface area contributed by atoms with E-state index in [0.29, 0.717) is 11.6 Å². The fourth-order valence-corrected chi connectivity index (χ4v) is 2.59. The van der Waals surface area contributed by atoms with Gasteiger partial charge in [-0.15, -0.1) is 0 Å². The molecule has 6 nitrogen and oxygen atoms in total. The molecule has 1 unspecified atom stereocenters. The number of aliphatic hydroxyl groups excluding tert-OH is 1. The summed E-state index contributed by atoms with van der Waals surface area (Å²) in [6.07, 6.45) is 5.59. The number of urea groups is 1. The van der Waals surface area contributed by atoms with Gasteiger partial charge in [0.2, 0.25) is 0 Å². The highest BCUT2D eigenvalue weighted by Gasteiger charge is 2.42. The predicted molar refractivity (Wildman–Crippen MR) is 83.9 cm³/mol. The Hall–Kier alpha value is -2.34. The van der Waals surface area contributed by atoms with Crippen LogP contribution < -0.4 is 10.6 Å². The van der Waals surface area contributed by atoms with Crippen LogP contribution in [0.1, 0.15) is 19.8 Å². The Labute approximate surface area is 129 Å². The molecular weight excluding hydrogens is 280 g/mol. The fourth-order valence-electron chi connectivity index (χ4n) is 2.59. The second kappa shape index (κ2) is 5.81. The van der Waals surface area contributed by atoms with Crippen molar-refractivity contribution in [1.29, 1.82) is 0 Å². The number of aliphatic hydroxyl groups is 1. The smallest absolute Gasteiger partial charge is 0.319 e. The summed E-state index contributed by atoms with van der Waals surface area (Å²) in [7, 11) is 0. The largest absolute Gasteiger partial charge is 0.394 e. The van der Waals surface area contributed by atoms with Gasteiger partial charge in [-0.1, -0.05) is 12.1 Å². The van der Waals surface area contributed by atoms with E-state index < -0.39 is 5.54 Å². The van der Waals surface area contributed by atoms with E-state index in [0.717, 1.165) is 18.5 Å². The van der Waals surface area contributed by atoms with Gasteiger partial charge in [-0.2, -0.15) is 5.10 Å². The Morgan fingerprint density at radius 3 is 2.82 bits per heavy atom. The lowest BCUT2D eigenvalue weighted by atomic mass is 9.97. The maximum absolute atomic E-state index is 12.3. The zero-order valence-corrected chi connectivity index (χ0v) is 12.5. The van der Waals surface area contributed by atoms with Crippen molar-refractivity contribution in [2.75, 3.05) is 11.9 Å². The van der Waals surface area contributed by atoms with E-state index in [1.807, 2.05) is 43.5 Å². The number of aromatic nitrogens is 2. The fraction of sp³-hybridized carbons (Fsp3) is 0.375. The quantitative estimate of drug-likeness (QED) is 0.791. The molecule has 0 saturated heterocycles. The van der Waals surface area contributed by atoms with Crippen LogP contribution in [0.3, 0.4) is 0 Å². The summed E-state index contributed by atoms with van der Waals surface area (Å²) in [5, 5.41) is 19.5. The SMILES string of the molecule is CC(CO)(NC(=O)Nc1ccccc1-n1cccn1)C1CC1. The average Bonchev–Trinajstić information content (AvgIpc) is 3.24. The molecule has 1 aromatic carbocycles. The normalized spacial score (nSPS) is 16.8. The lowest BCUT2D eigenvalue weighted by Gasteiger charge is -2.29. The minimum Gasteiger partial charge on any atom is -0.394 e. The summed E-state index contributed by atoms with van der Waals surface area (Å²) < 4.78 is 1.70. The first-order chi connectivity index (χ1) is 10.6. The number of para-hydroxylation sites is 2. The van der Waals surface area contributed by atoms with E-state index in [1.54, 1.807) is 10.9 Å². The molecular formula is C16H20N4O2. The number of nitrogens with zero attached hydrogens (tertiary/aromatic N) is 2.